The molecule has 2 aromatic carbocycles. The lowest BCUT2D eigenvalue weighted by Gasteiger charge is -2.13. The van der Waals surface area contributed by atoms with Gasteiger partial charge in [0.25, 0.3) is 5.91 Å². The zero-order valence-corrected chi connectivity index (χ0v) is 37.5. The second-order valence-corrected chi connectivity index (χ2v) is 15.6. The third kappa shape index (κ3) is 8.71. The summed E-state index contributed by atoms with van der Waals surface area (Å²) in [6.07, 6.45) is 5.93. The van der Waals surface area contributed by atoms with Crippen LogP contribution in [0.1, 0.15) is 86.0 Å². The molecule has 0 radical (unpaired) electrons. The number of aromatic nitrogens is 11. The Balaban J connectivity index is 1.14. The second-order valence-electron chi connectivity index (χ2n) is 15.6. The number of nitrogens with two attached hydrogens (primary N) is 2. The van der Waals surface area contributed by atoms with Gasteiger partial charge in [-0.25, -0.2) is 19.7 Å². The van der Waals surface area contributed by atoms with E-state index >= 15 is 0 Å². The first-order valence-corrected chi connectivity index (χ1v) is 21.6. The summed E-state index contributed by atoms with van der Waals surface area (Å²) in [4.78, 5) is 66.1. The average molecular weight is 895 g/mol. The van der Waals surface area contributed by atoms with Crippen LogP contribution >= 0.6 is 0 Å². The van der Waals surface area contributed by atoms with E-state index in [-0.39, 0.29) is 37.0 Å². The number of esters is 1. The molecule has 6 aromatic heterocycles. The van der Waals surface area contributed by atoms with Gasteiger partial charge in [-0.15, -0.1) is 0 Å². The Kier molecular flexibility index (Phi) is 12.5. The van der Waals surface area contributed by atoms with E-state index in [1.54, 1.807) is 50.5 Å². The summed E-state index contributed by atoms with van der Waals surface area (Å²) >= 11 is 0. The third-order valence-corrected chi connectivity index (χ3v) is 11.0. The van der Waals surface area contributed by atoms with E-state index in [0.717, 1.165) is 27.7 Å². The highest BCUT2D eigenvalue weighted by atomic mass is 16.5. The van der Waals surface area contributed by atoms with Crippen molar-refractivity contribution >= 4 is 62.6 Å². The molecule has 0 aliphatic carbocycles. The van der Waals surface area contributed by atoms with E-state index in [1.165, 1.54) is 6.07 Å². The van der Waals surface area contributed by atoms with Crippen molar-refractivity contribution in [3.63, 3.8) is 0 Å². The minimum atomic E-state index is -0.698. The molecule has 5 N–H and O–H groups in total. The summed E-state index contributed by atoms with van der Waals surface area (Å²) in [5.74, 6) is -1.23. The number of carbonyl (C=O) groups is 4. The quantitative estimate of drug-likeness (QED) is 0.0548. The van der Waals surface area contributed by atoms with Crippen LogP contribution < -0.4 is 21.5 Å². The lowest BCUT2D eigenvalue weighted by atomic mass is 10.1. The number of nitrogens with zero attached hydrogens (tertiary/aromatic N) is 11. The number of allylic oxidation sites excluding steroid dienone is 2. The van der Waals surface area contributed by atoms with Crippen LogP contribution in [0.4, 0.5) is 5.95 Å². The number of imidazole rings is 1. The summed E-state index contributed by atoms with van der Waals surface area (Å²) in [5.41, 5.74) is 17.9. The highest BCUT2D eigenvalue weighted by molar-refractivity contribution is 6.09. The molecule has 0 saturated carbocycles. The van der Waals surface area contributed by atoms with E-state index < -0.39 is 23.7 Å². The molecule has 8 aromatic rings. The molecule has 3 amide bonds. The normalized spacial score (nSPS) is 11.7. The lowest BCUT2D eigenvalue weighted by molar-refractivity contribution is 0.0471. The number of primary amides is 2. The summed E-state index contributed by atoms with van der Waals surface area (Å²) in [6, 6.07) is 13.7. The first-order valence-electron chi connectivity index (χ1n) is 21.6. The molecular formula is C46H50N14O6. The first kappa shape index (κ1) is 44.4. The van der Waals surface area contributed by atoms with Gasteiger partial charge in [-0.1, -0.05) is 12.2 Å². The number of benzene rings is 2. The maximum Gasteiger partial charge on any atom is 0.356 e. The molecular weight excluding hydrogens is 845 g/mol. The number of carbonyl (C=O) groups excluding carboxylic acids is 4. The molecule has 8 rings (SSSR count). The molecule has 0 aliphatic heterocycles. The minimum absolute atomic E-state index is 0.0557. The van der Waals surface area contributed by atoms with Gasteiger partial charge in [0.05, 0.1) is 41.3 Å². The standard InChI is InChI=1S/C46H50N14O6/c1-7-58-35(19-26(4)53-58)42-49-25-32-31-22-29(40(47)61)13-14-34(31)56(43(32)51-42)15-10-11-16-57-39-33(50-46(57)52-44(63)36-20-27(5)54-59(36)8-2)23-30(41(48)62)24-38(39)65-17-12-18-66-45(64)37-21-28(6)55-60(37)9-3/h10-11,13-14,19-25H,7-9,12,15-18H2,1-6H3,(H2,47,61)(H2,48,62)(H,50,52,63)/b11-10+. The summed E-state index contributed by atoms with van der Waals surface area (Å²) < 4.78 is 20.7. The lowest BCUT2D eigenvalue weighted by Crippen LogP contribution is -2.20. The number of hydrogen-bond acceptors (Lipinski definition) is 12. The van der Waals surface area contributed by atoms with Gasteiger partial charge in [-0.05, 0) is 90.1 Å². The van der Waals surface area contributed by atoms with Crippen molar-refractivity contribution in [3.05, 3.63) is 106 Å². The fraction of sp³-hybridized carbons (Fsp3) is 0.304. The molecule has 0 saturated heterocycles. The van der Waals surface area contributed by atoms with Crippen molar-refractivity contribution in [2.24, 2.45) is 11.5 Å². The average Bonchev–Trinajstić information content (AvgIpc) is 4.12. The molecule has 0 aliphatic rings. The molecule has 66 heavy (non-hydrogen) atoms. The molecule has 20 nitrogen and oxygen atoms in total. The van der Waals surface area contributed by atoms with Crippen LogP contribution in [0.3, 0.4) is 0 Å². The van der Waals surface area contributed by atoms with Crippen LogP contribution in [0, 0.1) is 20.8 Å². The number of anilines is 1. The zero-order chi connectivity index (χ0) is 46.8. The monoisotopic (exact) mass is 894 g/mol. The van der Waals surface area contributed by atoms with Crippen molar-refractivity contribution in [2.75, 3.05) is 18.5 Å². The van der Waals surface area contributed by atoms with Crippen LogP contribution in [0.5, 0.6) is 5.75 Å². The van der Waals surface area contributed by atoms with Crippen molar-refractivity contribution in [3.8, 4) is 17.3 Å². The van der Waals surface area contributed by atoms with Gasteiger partial charge in [0.1, 0.15) is 34.0 Å². The Morgan fingerprint density at radius 3 is 2.06 bits per heavy atom. The van der Waals surface area contributed by atoms with Crippen molar-refractivity contribution < 1.29 is 28.7 Å². The van der Waals surface area contributed by atoms with Gasteiger partial charge in [0.15, 0.2) is 5.82 Å². The van der Waals surface area contributed by atoms with Crippen LogP contribution in [-0.2, 0) is 37.5 Å². The predicted molar refractivity (Wildman–Crippen MR) is 246 cm³/mol. The van der Waals surface area contributed by atoms with E-state index in [4.69, 9.17) is 35.9 Å². The Hall–Kier alpha value is -8.16. The predicted octanol–water partition coefficient (Wildman–Crippen LogP) is 5.51. The highest BCUT2D eigenvalue weighted by Gasteiger charge is 2.23. The number of rotatable bonds is 18. The van der Waals surface area contributed by atoms with E-state index in [9.17, 15) is 19.2 Å². The number of ether oxygens (including phenoxy) is 2. The summed E-state index contributed by atoms with van der Waals surface area (Å²) in [6.45, 7) is 13.6. The van der Waals surface area contributed by atoms with E-state index in [0.29, 0.717) is 83.4 Å². The van der Waals surface area contributed by atoms with Crippen LogP contribution in [0.2, 0.25) is 0 Å². The molecule has 0 fully saturated rings. The molecule has 0 atom stereocenters. The van der Waals surface area contributed by atoms with E-state index in [1.807, 2.05) is 75.1 Å². The van der Waals surface area contributed by atoms with Gasteiger partial charge in [0, 0.05) is 67.2 Å². The third-order valence-electron chi connectivity index (χ3n) is 11.0. The number of fused-ring (bicyclic) bond motifs is 4. The molecule has 0 spiro atoms. The van der Waals surface area contributed by atoms with Crippen LogP contribution in [0.15, 0.2) is 66.9 Å². The van der Waals surface area contributed by atoms with Crippen LogP contribution in [-0.4, -0.2) is 90.3 Å². The Labute approximate surface area is 378 Å². The molecule has 0 unspecified atom stereocenters. The number of amides is 3. The van der Waals surface area contributed by atoms with Gasteiger partial charge < -0.3 is 30.1 Å². The number of hydrogen-bond donors (Lipinski definition) is 3. The molecule has 340 valence electrons. The van der Waals surface area contributed by atoms with Gasteiger partial charge >= 0.3 is 5.97 Å². The molecule has 0 bridgehead atoms. The molecule has 6 heterocycles. The SMILES string of the molecule is CCn1nc(C)cc1C(=O)Nc1nc2cc(C(N)=O)cc(OCCCOC(=O)c3cc(C)nn3CC)c2n1C/C=C/Cn1c2ccc(C(N)=O)cc2c2cnc(-c3cc(C)nn3CC)nc21. The topological polar surface area (TPSA) is 253 Å². The number of nitrogens with one attached hydrogen (secondary N) is 1. The summed E-state index contributed by atoms with van der Waals surface area (Å²) in [7, 11) is 0. The van der Waals surface area contributed by atoms with Gasteiger partial charge in [-0.2, -0.15) is 15.3 Å². The smallest absolute Gasteiger partial charge is 0.356 e. The maximum atomic E-state index is 13.9. The fourth-order valence-electron chi connectivity index (χ4n) is 7.98. The van der Waals surface area contributed by atoms with Crippen molar-refractivity contribution in [1.29, 1.82) is 0 Å². The Bertz CT molecular complexity index is 3220. The largest absolute Gasteiger partial charge is 0.491 e. The fourth-order valence-corrected chi connectivity index (χ4v) is 7.98. The molecule has 20 heteroatoms. The van der Waals surface area contributed by atoms with E-state index in [2.05, 4.69) is 20.6 Å². The maximum absolute atomic E-state index is 13.9. The number of aryl methyl sites for hydroxylation is 6. The second kappa shape index (κ2) is 18.5. The summed E-state index contributed by atoms with van der Waals surface area (Å²) in [5, 5.41) is 17.8. The minimum Gasteiger partial charge on any atom is -0.491 e. The van der Waals surface area contributed by atoms with Crippen molar-refractivity contribution in [1.82, 2.24) is 53.4 Å². The Morgan fingerprint density at radius 2 is 1.36 bits per heavy atom. The van der Waals surface area contributed by atoms with Gasteiger partial charge in [-0.3, -0.25) is 33.7 Å². The van der Waals surface area contributed by atoms with Crippen molar-refractivity contribution in [2.45, 2.75) is 80.7 Å². The highest BCUT2D eigenvalue weighted by Crippen LogP contribution is 2.33. The zero-order valence-electron chi connectivity index (χ0n) is 37.5. The Morgan fingerprint density at radius 1 is 0.712 bits per heavy atom. The van der Waals surface area contributed by atoms with Gasteiger partial charge in [0.2, 0.25) is 17.8 Å². The first-order chi connectivity index (χ1) is 31.8. The van der Waals surface area contributed by atoms with Crippen LogP contribution in [0.25, 0.3) is 44.5 Å².